The molecule has 0 aliphatic heterocycles. The maximum Gasteiger partial charge on any atom is 0.225 e. The summed E-state index contributed by atoms with van der Waals surface area (Å²) in [7, 11) is 1.66. The molecule has 0 amide bonds. The Morgan fingerprint density at radius 2 is 2.12 bits per heavy atom. The van der Waals surface area contributed by atoms with E-state index in [1.165, 1.54) is 4.90 Å². The lowest BCUT2D eigenvalue weighted by molar-refractivity contribution is 1.19. The zero-order valence-electron chi connectivity index (χ0n) is 8.54. The fraction of sp³-hybridized carbons (Fsp3) is 0.111. The molecule has 0 radical (unpaired) electrons. The van der Waals surface area contributed by atoms with Crippen LogP contribution in [0.1, 0.15) is 0 Å². The van der Waals surface area contributed by atoms with Gasteiger partial charge in [0.15, 0.2) is 5.96 Å². The van der Waals surface area contributed by atoms with Gasteiger partial charge in [0, 0.05) is 11.5 Å². The van der Waals surface area contributed by atoms with Crippen LogP contribution < -0.4 is 16.4 Å². The zero-order chi connectivity index (χ0) is 12.3. The molecule has 0 unspecified atom stereocenters. The number of benzene rings is 1. The van der Waals surface area contributed by atoms with E-state index in [9.17, 15) is 0 Å². The summed E-state index contributed by atoms with van der Waals surface area (Å²) in [5.74, 6) is -0.241. The van der Waals surface area contributed by atoms with Crippen molar-refractivity contribution in [2.45, 2.75) is 0 Å². The van der Waals surface area contributed by atoms with Crippen LogP contribution in [0, 0.1) is 5.41 Å². The van der Waals surface area contributed by atoms with Gasteiger partial charge in [0.25, 0.3) is 0 Å². The van der Waals surface area contributed by atoms with Crippen molar-refractivity contribution >= 4 is 45.1 Å². The summed E-state index contributed by atoms with van der Waals surface area (Å²) in [4.78, 5) is 5.11. The summed E-state index contributed by atoms with van der Waals surface area (Å²) in [6, 6.07) is 5.32. The fourth-order valence-corrected chi connectivity index (χ4v) is 1.86. The van der Waals surface area contributed by atoms with Crippen LogP contribution in [0.5, 0.6) is 0 Å². The predicted molar refractivity (Wildman–Crippen MR) is 71.1 cm³/mol. The quantitative estimate of drug-likeness (QED) is 0.545. The van der Waals surface area contributed by atoms with Crippen LogP contribution in [-0.4, -0.2) is 19.0 Å². The topological polar surface area (TPSA) is 91.5 Å². The molecule has 5 N–H and O–H groups in total. The van der Waals surface area contributed by atoms with Crippen molar-refractivity contribution in [3.05, 3.63) is 27.7 Å². The molecular formula is C9H11BrClN5. The summed E-state index contributed by atoms with van der Waals surface area (Å²) in [5, 5.41) is 8.13. The first-order valence-corrected chi connectivity index (χ1v) is 5.46. The minimum atomic E-state index is -0.162. The molecule has 0 saturated carbocycles. The van der Waals surface area contributed by atoms with Crippen LogP contribution in [-0.2, 0) is 0 Å². The first-order valence-electron chi connectivity index (χ1n) is 4.28. The number of rotatable bonds is 1. The number of guanidine groups is 2. The van der Waals surface area contributed by atoms with Crippen LogP contribution in [0.4, 0.5) is 5.69 Å². The standard InChI is InChI=1S/C9H11BrClN5/c1-16(9(14)15-8(12)13)7-3-2-5(10)4-6(7)11/h2-4H,1H3,(H5,12,13,14,15). The summed E-state index contributed by atoms with van der Waals surface area (Å²) < 4.78 is 0.864. The first-order chi connectivity index (χ1) is 7.41. The monoisotopic (exact) mass is 303 g/mol. The first kappa shape index (κ1) is 12.8. The molecule has 0 aliphatic carbocycles. The Labute approximate surface area is 107 Å². The zero-order valence-corrected chi connectivity index (χ0v) is 10.9. The molecule has 0 heterocycles. The van der Waals surface area contributed by atoms with Crippen molar-refractivity contribution in [1.29, 1.82) is 5.41 Å². The molecule has 1 aromatic carbocycles. The highest BCUT2D eigenvalue weighted by Crippen LogP contribution is 2.28. The number of anilines is 1. The summed E-state index contributed by atoms with van der Waals surface area (Å²) in [6.45, 7) is 0. The van der Waals surface area contributed by atoms with Crippen molar-refractivity contribution in [3.63, 3.8) is 0 Å². The third-order valence-corrected chi connectivity index (χ3v) is 2.62. The lowest BCUT2D eigenvalue weighted by atomic mass is 10.3. The van der Waals surface area contributed by atoms with Gasteiger partial charge in [0.05, 0.1) is 10.7 Å². The number of nitrogens with zero attached hydrogens (tertiary/aromatic N) is 2. The Hall–Kier alpha value is -1.27. The molecule has 0 aliphatic rings. The van der Waals surface area contributed by atoms with Crippen molar-refractivity contribution < 1.29 is 0 Å². The van der Waals surface area contributed by atoms with E-state index in [1.54, 1.807) is 19.2 Å². The van der Waals surface area contributed by atoms with Crippen LogP contribution in [0.3, 0.4) is 0 Å². The van der Waals surface area contributed by atoms with Crippen LogP contribution in [0.2, 0.25) is 5.02 Å². The summed E-state index contributed by atoms with van der Waals surface area (Å²) in [5.41, 5.74) is 11.0. The van der Waals surface area contributed by atoms with Crippen LogP contribution in [0.15, 0.2) is 27.7 Å². The maximum atomic E-state index is 7.62. The highest BCUT2D eigenvalue weighted by molar-refractivity contribution is 9.10. The summed E-state index contributed by atoms with van der Waals surface area (Å²) >= 11 is 9.32. The predicted octanol–water partition coefficient (Wildman–Crippen LogP) is 1.75. The third-order valence-electron chi connectivity index (χ3n) is 1.82. The Balaban J connectivity index is 3.01. The fourth-order valence-electron chi connectivity index (χ4n) is 1.06. The number of halogens is 2. The normalized spacial score (nSPS) is 9.69. The van der Waals surface area contributed by atoms with Gasteiger partial charge in [-0.2, -0.15) is 4.99 Å². The minimum absolute atomic E-state index is 0.0794. The Bertz CT molecular complexity index is 442. The maximum absolute atomic E-state index is 7.62. The number of nitrogens with two attached hydrogens (primary N) is 2. The second kappa shape index (κ2) is 5.18. The molecule has 86 valence electrons. The molecule has 0 fully saturated rings. The highest BCUT2D eigenvalue weighted by Gasteiger charge is 2.10. The Kier molecular flexibility index (Phi) is 4.14. The Morgan fingerprint density at radius 1 is 1.50 bits per heavy atom. The molecule has 5 nitrogen and oxygen atoms in total. The van der Waals surface area contributed by atoms with Gasteiger partial charge in [0.1, 0.15) is 0 Å². The SMILES string of the molecule is CN(C(=N)N=C(N)N)c1ccc(Br)cc1Cl. The summed E-state index contributed by atoms with van der Waals surface area (Å²) in [6.07, 6.45) is 0. The van der Waals surface area contributed by atoms with Gasteiger partial charge in [-0.15, -0.1) is 0 Å². The van der Waals surface area contributed by atoms with E-state index in [0.717, 1.165) is 4.47 Å². The minimum Gasteiger partial charge on any atom is -0.370 e. The van der Waals surface area contributed by atoms with E-state index in [-0.39, 0.29) is 11.9 Å². The molecule has 0 atom stereocenters. The van der Waals surface area contributed by atoms with E-state index in [1.807, 2.05) is 6.07 Å². The second-order valence-electron chi connectivity index (χ2n) is 3.02. The largest absolute Gasteiger partial charge is 0.370 e. The number of hydrogen-bond donors (Lipinski definition) is 3. The van der Waals surface area contributed by atoms with Crippen molar-refractivity contribution in [1.82, 2.24) is 0 Å². The van der Waals surface area contributed by atoms with E-state index >= 15 is 0 Å². The average Bonchev–Trinajstić information content (AvgIpc) is 2.15. The van der Waals surface area contributed by atoms with Gasteiger partial charge in [-0.05, 0) is 18.2 Å². The van der Waals surface area contributed by atoms with Crippen molar-refractivity contribution in [2.75, 3.05) is 11.9 Å². The molecule has 0 aromatic heterocycles. The Morgan fingerprint density at radius 3 is 2.62 bits per heavy atom. The number of aliphatic imine (C=N–C) groups is 1. The molecule has 7 heteroatoms. The van der Waals surface area contributed by atoms with Crippen molar-refractivity contribution in [2.24, 2.45) is 16.5 Å². The average molecular weight is 305 g/mol. The van der Waals surface area contributed by atoms with Gasteiger partial charge >= 0.3 is 0 Å². The molecule has 1 rings (SSSR count). The van der Waals surface area contributed by atoms with Gasteiger partial charge in [-0.1, -0.05) is 27.5 Å². The molecule has 0 saturated heterocycles. The second-order valence-corrected chi connectivity index (χ2v) is 4.34. The van der Waals surface area contributed by atoms with Crippen LogP contribution in [0.25, 0.3) is 0 Å². The number of hydrogen-bond acceptors (Lipinski definition) is 1. The lowest BCUT2D eigenvalue weighted by Gasteiger charge is -2.18. The smallest absolute Gasteiger partial charge is 0.225 e. The molecule has 1 aromatic rings. The van der Waals surface area contributed by atoms with Gasteiger partial charge in [-0.3, -0.25) is 5.41 Å². The van der Waals surface area contributed by atoms with Crippen molar-refractivity contribution in [3.8, 4) is 0 Å². The molecule has 0 bridgehead atoms. The van der Waals surface area contributed by atoms with E-state index in [4.69, 9.17) is 28.5 Å². The van der Waals surface area contributed by atoms with Gasteiger partial charge in [0.2, 0.25) is 5.96 Å². The molecule has 16 heavy (non-hydrogen) atoms. The van der Waals surface area contributed by atoms with E-state index < -0.39 is 0 Å². The number of nitrogens with one attached hydrogen (secondary N) is 1. The van der Waals surface area contributed by atoms with E-state index in [0.29, 0.717) is 10.7 Å². The third kappa shape index (κ3) is 3.11. The van der Waals surface area contributed by atoms with Crippen LogP contribution >= 0.6 is 27.5 Å². The lowest BCUT2D eigenvalue weighted by Crippen LogP contribution is -2.30. The van der Waals surface area contributed by atoms with Gasteiger partial charge < -0.3 is 16.4 Å². The van der Waals surface area contributed by atoms with Gasteiger partial charge in [-0.25, -0.2) is 0 Å². The van der Waals surface area contributed by atoms with E-state index in [2.05, 4.69) is 20.9 Å². The molecule has 0 spiro atoms. The molecular weight excluding hydrogens is 293 g/mol. The highest BCUT2D eigenvalue weighted by atomic mass is 79.9.